The van der Waals surface area contributed by atoms with Gasteiger partial charge in [-0.2, -0.15) is 0 Å². The summed E-state index contributed by atoms with van der Waals surface area (Å²) in [5.41, 5.74) is 0. The lowest BCUT2D eigenvalue weighted by molar-refractivity contribution is -0.167. The van der Waals surface area contributed by atoms with Gasteiger partial charge < -0.3 is 14.2 Å². The second kappa shape index (κ2) is 57.4. The van der Waals surface area contributed by atoms with Crippen LogP contribution in [0.3, 0.4) is 0 Å². The van der Waals surface area contributed by atoms with Gasteiger partial charge in [-0.15, -0.1) is 0 Å². The van der Waals surface area contributed by atoms with Crippen LogP contribution in [-0.4, -0.2) is 37.2 Å². The van der Waals surface area contributed by atoms with Crippen LogP contribution in [0.1, 0.15) is 245 Å². The number of hydrogen-bond donors (Lipinski definition) is 0. The highest BCUT2D eigenvalue weighted by Crippen LogP contribution is 2.14. The minimum Gasteiger partial charge on any atom is -0.462 e. The third-order valence-electron chi connectivity index (χ3n) is 11.7. The average molecular weight is 970 g/mol. The van der Waals surface area contributed by atoms with Crippen molar-refractivity contribution < 1.29 is 28.6 Å². The molecule has 0 aliphatic carbocycles. The highest BCUT2D eigenvalue weighted by atomic mass is 16.6. The van der Waals surface area contributed by atoms with E-state index in [1.54, 1.807) is 0 Å². The number of carbonyl (C=O) groups is 3. The van der Waals surface area contributed by atoms with E-state index >= 15 is 0 Å². The van der Waals surface area contributed by atoms with E-state index in [0.29, 0.717) is 19.3 Å². The number of carbonyl (C=O) groups excluding carboxylic acids is 3. The number of hydrogen-bond acceptors (Lipinski definition) is 6. The zero-order valence-electron chi connectivity index (χ0n) is 45.2. The molecule has 0 saturated carbocycles. The molecule has 0 aliphatic rings. The van der Waals surface area contributed by atoms with E-state index in [1.165, 1.54) is 89.9 Å². The Morgan fingerprint density at radius 3 is 0.943 bits per heavy atom. The molecule has 0 aromatic carbocycles. The second-order valence-corrected chi connectivity index (χ2v) is 18.4. The maximum Gasteiger partial charge on any atom is 0.306 e. The van der Waals surface area contributed by atoms with E-state index < -0.39 is 6.10 Å². The molecule has 0 aliphatic heterocycles. The lowest BCUT2D eigenvalue weighted by Crippen LogP contribution is -2.30. The molecule has 1 atom stereocenters. The molecular weight excluding hydrogens is 865 g/mol. The van der Waals surface area contributed by atoms with Crippen LogP contribution in [0.4, 0.5) is 0 Å². The summed E-state index contributed by atoms with van der Waals surface area (Å²) in [5, 5.41) is 0. The third-order valence-corrected chi connectivity index (χ3v) is 11.7. The number of unbranched alkanes of at least 4 members (excludes halogenated alkanes) is 19. The molecule has 1 unspecified atom stereocenters. The minimum atomic E-state index is -0.827. The lowest BCUT2D eigenvalue weighted by atomic mass is 10.1. The lowest BCUT2D eigenvalue weighted by Gasteiger charge is -2.18. The van der Waals surface area contributed by atoms with E-state index in [4.69, 9.17) is 14.2 Å². The molecule has 0 aromatic rings. The summed E-state index contributed by atoms with van der Waals surface area (Å²) in [6, 6.07) is 0. The molecule has 0 rings (SSSR count). The predicted octanol–water partition coefficient (Wildman–Crippen LogP) is 19.3. The summed E-state index contributed by atoms with van der Waals surface area (Å²) in [7, 11) is 0. The summed E-state index contributed by atoms with van der Waals surface area (Å²) in [5.74, 6) is -1.01. The summed E-state index contributed by atoms with van der Waals surface area (Å²) in [6.45, 7) is 6.33. The van der Waals surface area contributed by atoms with Crippen molar-refractivity contribution in [2.45, 2.75) is 252 Å². The van der Waals surface area contributed by atoms with E-state index in [9.17, 15) is 14.4 Å². The van der Waals surface area contributed by atoms with E-state index in [0.717, 1.165) is 109 Å². The zero-order chi connectivity index (χ0) is 50.7. The van der Waals surface area contributed by atoms with Gasteiger partial charge in [-0.25, -0.2) is 0 Å². The number of allylic oxidation sites excluding steroid dienone is 20. The maximum absolute atomic E-state index is 12.8. The maximum atomic E-state index is 12.8. The Kier molecular flexibility index (Phi) is 54.0. The van der Waals surface area contributed by atoms with Gasteiger partial charge in [0.2, 0.25) is 0 Å². The van der Waals surface area contributed by atoms with Crippen molar-refractivity contribution >= 4 is 17.9 Å². The minimum absolute atomic E-state index is 0.116. The summed E-state index contributed by atoms with van der Waals surface area (Å²) in [6.07, 6.45) is 79.1. The first kappa shape index (κ1) is 65.8. The summed E-state index contributed by atoms with van der Waals surface area (Å²) >= 11 is 0. The molecule has 0 N–H and O–H groups in total. The zero-order valence-corrected chi connectivity index (χ0v) is 45.2. The Hall–Kier alpha value is -4.19. The van der Waals surface area contributed by atoms with Gasteiger partial charge in [0, 0.05) is 19.3 Å². The van der Waals surface area contributed by atoms with Crippen molar-refractivity contribution in [1.82, 2.24) is 0 Å². The quantitative estimate of drug-likeness (QED) is 0.0262. The normalized spacial score (nSPS) is 13.0. The molecule has 396 valence electrons. The second-order valence-electron chi connectivity index (χ2n) is 18.4. The molecule has 0 fully saturated rings. The smallest absolute Gasteiger partial charge is 0.306 e. The Balaban J connectivity index is 4.53. The highest BCUT2D eigenvalue weighted by Gasteiger charge is 2.19. The highest BCUT2D eigenvalue weighted by molar-refractivity contribution is 5.71. The van der Waals surface area contributed by atoms with Gasteiger partial charge in [0.05, 0.1) is 0 Å². The van der Waals surface area contributed by atoms with Gasteiger partial charge in [-0.3, -0.25) is 14.4 Å². The topological polar surface area (TPSA) is 78.9 Å². The van der Waals surface area contributed by atoms with Crippen LogP contribution in [0.2, 0.25) is 0 Å². The molecule has 6 heteroatoms. The standard InChI is InChI=1S/C64H104O6/c1-4-7-10-13-16-19-22-25-28-31-32-34-36-39-42-45-48-51-54-57-63(66)69-60-61(59-68-62(65)56-53-50-47-44-41-38-35-30-27-24-21-18-15-12-9-6-3)70-64(67)58-55-52-49-46-43-40-37-33-29-26-23-20-17-14-11-8-5-2/h8-9,11-12,17-18,20-21,26-27,29-32,37-38,40-41,46,49,61H,4-7,10,13-16,19,22-25,28,33-36,39,42-45,47-48,50-60H2,1-3H3/b11-8-,12-9-,20-17-,21-18-,29-26-,30-27-,32-31-,40-37-,41-38-,49-46-. The summed E-state index contributed by atoms with van der Waals surface area (Å²) in [4.78, 5) is 38.1. The first-order chi connectivity index (χ1) is 34.5. The Morgan fingerprint density at radius 1 is 0.300 bits per heavy atom. The molecule has 70 heavy (non-hydrogen) atoms. The molecule has 0 heterocycles. The first-order valence-electron chi connectivity index (χ1n) is 28.5. The van der Waals surface area contributed by atoms with E-state index in [2.05, 4.69) is 142 Å². The molecule has 0 saturated heterocycles. The fourth-order valence-corrected chi connectivity index (χ4v) is 7.46. The third kappa shape index (κ3) is 54.7. The van der Waals surface area contributed by atoms with Crippen molar-refractivity contribution in [3.05, 3.63) is 122 Å². The van der Waals surface area contributed by atoms with Crippen molar-refractivity contribution in [2.24, 2.45) is 0 Å². The van der Waals surface area contributed by atoms with Gasteiger partial charge in [0.25, 0.3) is 0 Å². The predicted molar refractivity (Wildman–Crippen MR) is 302 cm³/mol. The molecular formula is C64H104O6. The van der Waals surface area contributed by atoms with Gasteiger partial charge in [-0.1, -0.05) is 226 Å². The molecule has 0 radical (unpaired) electrons. The van der Waals surface area contributed by atoms with Crippen molar-refractivity contribution in [1.29, 1.82) is 0 Å². The monoisotopic (exact) mass is 969 g/mol. The SMILES string of the molecule is CC/C=C\C/C=C\C/C=C\C/C=C\C/C=C\CCCC(=O)OC(COC(=O)CCCCC/C=C\C/C=C\C/C=C\C/C=C\CC)COC(=O)CCCCCCCCC/C=C\CCCCCCCCCC. The van der Waals surface area contributed by atoms with Gasteiger partial charge >= 0.3 is 17.9 Å². The molecule has 6 nitrogen and oxygen atoms in total. The van der Waals surface area contributed by atoms with Crippen LogP contribution in [0.25, 0.3) is 0 Å². The van der Waals surface area contributed by atoms with E-state index in [1.807, 2.05) is 0 Å². The van der Waals surface area contributed by atoms with Crippen molar-refractivity contribution in [2.75, 3.05) is 13.2 Å². The fraction of sp³-hybridized carbons (Fsp3) is 0.641. The molecule has 0 bridgehead atoms. The summed E-state index contributed by atoms with van der Waals surface area (Å²) < 4.78 is 16.8. The largest absolute Gasteiger partial charge is 0.462 e. The van der Waals surface area contributed by atoms with Crippen LogP contribution in [-0.2, 0) is 28.6 Å². The van der Waals surface area contributed by atoms with Crippen molar-refractivity contribution in [3.8, 4) is 0 Å². The molecule has 0 aromatic heterocycles. The average Bonchev–Trinajstić information content (AvgIpc) is 3.36. The van der Waals surface area contributed by atoms with Gasteiger partial charge in [0.1, 0.15) is 13.2 Å². The van der Waals surface area contributed by atoms with Crippen LogP contribution in [0.15, 0.2) is 122 Å². The number of rotatable bonds is 50. The Morgan fingerprint density at radius 2 is 0.571 bits per heavy atom. The van der Waals surface area contributed by atoms with Crippen LogP contribution in [0.5, 0.6) is 0 Å². The van der Waals surface area contributed by atoms with Crippen LogP contribution in [0, 0.1) is 0 Å². The Labute approximate surface area is 431 Å². The molecule has 0 amide bonds. The van der Waals surface area contributed by atoms with E-state index in [-0.39, 0.29) is 37.5 Å². The van der Waals surface area contributed by atoms with Crippen molar-refractivity contribution in [3.63, 3.8) is 0 Å². The first-order valence-corrected chi connectivity index (χ1v) is 28.5. The number of esters is 3. The van der Waals surface area contributed by atoms with Crippen LogP contribution >= 0.6 is 0 Å². The fourth-order valence-electron chi connectivity index (χ4n) is 7.46. The van der Waals surface area contributed by atoms with Gasteiger partial charge in [-0.05, 0) is 122 Å². The van der Waals surface area contributed by atoms with Crippen LogP contribution < -0.4 is 0 Å². The molecule has 0 spiro atoms. The Bertz CT molecular complexity index is 1490. The van der Waals surface area contributed by atoms with Gasteiger partial charge in [0.15, 0.2) is 6.10 Å². The number of ether oxygens (including phenoxy) is 3.